The zero-order valence-corrected chi connectivity index (χ0v) is 15.3. The molecular weight excluding hydrogens is 304 g/mol. The van der Waals surface area contributed by atoms with Gasteiger partial charge in [-0.3, -0.25) is 9.59 Å². The fourth-order valence-electron chi connectivity index (χ4n) is 2.01. The number of nitrogens with zero attached hydrogens (tertiary/aromatic N) is 2. The van der Waals surface area contributed by atoms with Crippen molar-refractivity contribution in [1.29, 1.82) is 0 Å². The Morgan fingerprint density at radius 1 is 0.792 bits per heavy atom. The Hall–Kier alpha value is -1.92. The molecule has 0 radical (unpaired) electrons. The molecule has 0 aliphatic heterocycles. The SMILES string of the molecule is CCN(C)CCNC(=O)c1ccc(C(=O)NCCN(C)CC)cc1. The summed E-state index contributed by atoms with van der Waals surface area (Å²) >= 11 is 0. The Labute approximate surface area is 145 Å². The average Bonchev–Trinajstić information content (AvgIpc) is 2.61. The van der Waals surface area contributed by atoms with Crippen molar-refractivity contribution >= 4 is 11.8 Å². The summed E-state index contributed by atoms with van der Waals surface area (Å²) in [6.07, 6.45) is 0. The third-order valence-electron chi connectivity index (χ3n) is 4.05. The lowest BCUT2D eigenvalue weighted by Crippen LogP contribution is -2.33. The minimum atomic E-state index is -0.115. The van der Waals surface area contributed by atoms with Gasteiger partial charge in [0.1, 0.15) is 0 Å². The van der Waals surface area contributed by atoms with E-state index in [2.05, 4.69) is 34.3 Å². The molecule has 0 unspecified atom stereocenters. The van der Waals surface area contributed by atoms with Gasteiger partial charge in [0.2, 0.25) is 0 Å². The maximum Gasteiger partial charge on any atom is 0.251 e. The minimum Gasteiger partial charge on any atom is -0.351 e. The molecule has 0 spiro atoms. The molecule has 6 nitrogen and oxygen atoms in total. The lowest BCUT2D eigenvalue weighted by Gasteiger charge is -2.14. The maximum absolute atomic E-state index is 12.0. The molecule has 0 fully saturated rings. The van der Waals surface area contributed by atoms with Crippen LogP contribution < -0.4 is 10.6 Å². The van der Waals surface area contributed by atoms with Crippen LogP contribution in [-0.4, -0.2) is 75.0 Å². The van der Waals surface area contributed by atoms with Crippen molar-refractivity contribution in [3.63, 3.8) is 0 Å². The van der Waals surface area contributed by atoms with E-state index in [-0.39, 0.29) is 11.8 Å². The summed E-state index contributed by atoms with van der Waals surface area (Å²) in [6.45, 7) is 8.90. The molecule has 0 bridgehead atoms. The predicted molar refractivity (Wildman–Crippen MR) is 97.5 cm³/mol. The maximum atomic E-state index is 12.0. The summed E-state index contributed by atoms with van der Waals surface area (Å²) in [5, 5.41) is 5.76. The Bertz CT molecular complexity index is 469. The molecule has 0 atom stereocenters. The first-order valence-electron chi connectivity index (χ1n) is 8.51. The molecule has 0 aromatic heterocycles. The Kier molecular flexibility index (Phi) is 9.04. The van der Waals surface area contributed by atoms with Gasteiger partial charge < -0.3 is 20.4 Å². The van der Waals surface area contributed by atoms with Crippen LogP contribution in [0.4, 0.5) is 0 Å². The lowest BCUT2D eigenvalue weighted by molar-refractivity contribution is 0.0938. The van der Waals surface area contributed by atoms with E-state index in [1.165, 1.54) is 0 Å². The molecule has 0 saturated heterocycles. The molecule has 134 valence electrons. The topological polar surface area (TPSA) is 64.7 Å². The zero-order chi connectivity index (χ0) is 17.9. The summed E-state index contributed by atoms with van der Waals surface area (Å²) in [6, 6.07) is 6.75. The number of nitrogens with one attached hydrogen (secondary N) is 2. The molecule has 24 heavy (non-hydrogen) atoms. The lowest BCUT2D eigenvalue weighted by atomic mass is 10.1. The van der Waals surface area contributed by atoms with Crippen LogP contribution in [-0.2, 0) is 0 Å². The van der Waals surface area contributed by atoms with Crippen LogP contribution in [0.5, 0.6) is 0 Å². The van der Waals surface area contributed by atoms with E-state index in [1.807, 2.05) is 14.1 Å². The van der Waals surface area contributed by atoms with Crippen molar-refractivity contribution in [1.82, 2.24) is 20.4 Å². The van der Waals surface area contributed by atoms with E-state index in [0.717, 1.165) is 26.2 Å². The number of carbonyl (C=O) groups is 2. The number of amides is 2. The Balaban J connectivity index is 2.44. The highest BCUT2D eigenvalue weighted by molar-refractivity contribution is 5.97. The smallest absolute Gasteiger partial charge is 0.251 e. The first kappa shape index (κ1) is 20.1. The predicted octanol–water partition coefficient (Wildman–Crippen LogP) is 1.05. The first-order valence-corrected chi connectivity index (χ1v) is 8.51. The fraction of sp³-hybridized carbons (Fsp3) is 0.556. The van der Waals surface area contributed by atoms with Crippen molar-refractivity contribution in [3.05, 3.63) is 35.4 Å². The van der Waals surface area contributed by atoms with E-state index in [0.29, 0.717) is 24.2 Å². The highest BCUT2D eigenvalue weighted by atomic mass is 16.2. The minimum absolute atomic E-state index is 0.115. The van der Waals surface area contributed by atoms with Crippen molar-refractivity contribution < 1.29 is 9.59 Å². The molecule has 0 heterocycles. The van der Waals surface area contributed by atoms with Gasteiger partial charge in [0, 0.05) is 37.3 Å². The van der Waals surface area contributed by atoms with Crippen LogP contribution in [0, 0.1) is 0 Å². The van der Waals surface area contributed by atoms with Gasteiger partial charge in [0.05, 0.1) is 0 Å². The van der Waals surface area contributed by atoms with Gasteiger partial charge in [-0.1, -0.05) is 13.8 Å². The second kappa shape index (κ2) is 10.8. The third-order valence-corrected chi connectivity index (χ3v) is 4.05. The average molecular weight is 334 g/mol. The summed E-state index contributed by atoms with van der Waals surface area (Å²) < 4.78 is 0. The summed E-state index contributed by atoms with van der Waals surface area (Å²) in [5.41, 5.74) is 1.13. The second-order valence-corrected chi connectivity index (χ2v) is 5.88. The monoisotopic (exact) mass is 334 g/mol. The van der Waals surface area contributed by atoms with Crippen molar-refractivity contribution in [2.45, 2.75) is 13.8 Å². The molecule has 6 heteroatoms. The van der Waals surface area contributed by atoms with Gasteiger partial charge in [-0.2, -0.15) is 0 Å². The summed E-state index contributed by atoms with van der Waals surface area (Å²) in [4.78, 5) is 28.3. The van der Waals surface area contributed by atoms with Gasteiger partial charge in [0.25, 0.3) is 11.8 Å². The number of likely N-dealkylation sites (N-methyl/N-ethyl adjacent to an activating group) is 2. The van der Waals surface area contributed by atoms with Crippen LogP contribution in [0.15, 0.2) is 24.3 Å². The standard InChI is InChI=1S/C18H30N4O2/c1-5-21(3)13-11-19-17(23)15-7-9-16(10-8-15)18(24)20-12-14-22(4)6-2/h7-10H,5-6,11-14H2,1-4H3,(H,19,23)(H,20,24). The molecule has 1 aromatic carbocycles. The van der Waals surface area contributed by atoms with Crippen LogP contribution >= 0.6 is 0 Å². The van der Waals surface area contributed by atoms with Crippen molar-refractivity contribution in [3.8, 4) is 0 Å². The van der Waals surface area contributed by atoms with Gasteiger partial charge in [0.15, 0.2) is 0 Å². The quantitative estimate of drug-likeness (QED) is 0.671. The number of rotatable bonds is 10. The largest absolute Gasteiger partial charge is 0.351 e. The Morgan fingerprint density at radius 3 is 1.42 bits per heavy atom. The molecule has 0 aliphatic rings. The first-order chi connectivity index (χ1) is 11.5. The van der Waals surface area contributed by atoms with Crippen molar-refractivity contribution in [2.24, 2.45) is 0 Å². The van der Waals surface area contributed by atoms with Crippen molar-refractivity contribution in [2.75, 3.05) is 53.4 Å². The summed E-state index contributed by atoms with van der Waals surface area (Å²) in [5.74, 6) is -0.230. The van der Waals surface area contributed by atoms with E-state index >= 15 is 0 Å². The van der Waals surface area contributed by atoms with E-state index in [1.54, 1.807) is 24.3 Å². The number of carbonyl (C=O) groups excluding carboxylic acids is 2. The van der Waals surface area contributed by atoms with Crippen LogP contribution in [0.3, 0.4) is 0 Å². The van der Waals surface area contributed by atoms with E-state index < -0.39 is 0 Å². The number of benzene rings is 1. The highest BCUT2D eigenvalue weighted by Gasteiger charge is 2.09. The van der Waals surface area contributed by atoms with E-state index in [4.69, 9.17) is 0 Å². The number of hydrogen-bond acceptors (Lipinski definition) is 4. The summed E-state index contributed by atoms with van der Waals surface area (Å²) in [7, 11) is 4.02. The molecule has 1 rings (SSSR count). The van der Waals surface area contributed by atoms with E-state index in [9.17, 15) is 9.59 Å². The van der Waals surface area contributed by atoms with Crippen LogP contribution in [0.1, 0.15) is 34.6 Å². The fourth-order valence-corrected chi connectivity index (χ4v) is 2.01. The molecule has 0 aliphatic carbocycles. The molecular formula is C18H30N4O2. The highest BCUT2D eigenvalue weighted by Crippen LogP contribution is 2.04. The molecule has 1 aromatic rings. The van der Waals surface area contributed by atoms with Gasteiger partial charge >= 0.3 is 0 Å². The third kappa shape index (κ3) is 7.10. The van der Waals surface area contributed by atoms with Gasteiger partial charge in [-0.25, -0.2) is 0 Å². The van der Waals surface area contributed by atoms with Crippen LogP contribution in [0.25, 0.3) is 0 Å². The number of hydrogen-bond donors (Lipinski definition) is 2. The Morgan fingerprint density at radius 2 is 1.12 bits per heavy atom. The van der Waals surface area contributed by atoms with Crippen LogP contribution in [0.2, 0.25) is 0 Å². The normalized spacial score (nSPS) is 10.9. The van der Waals surface area contributed by atoms with Gasteiger partial charge in [-0.15, -0.1) is 0 Å². The van der Waals surface area contributed by atoms with Gasteiger partial charge in [-0.05, 0) is 51.5 Å². The zero-order valence-electron chi connectivity index (χ0n) is 15.3. The molecule has 2 amide bonds. The molecule has 2 N–H and O–H groups in total. The molecule has 0 saturated carbocycles. The second-order valence-electron chi connectivity index (χ2n) is 5.88.